The molecule has 158 valence electrons. The number of carbonyl (C=O) groups is 2. The molecule has 0 aromatic heterocycles. The first kappa shape index (κ1) is 20.7. The van der Waals surface area contributed by atoms with Gasteiger partial charge in [-0.25, -0.2) is 8.78 Å². The maximum absolute atomic E-state index is 13.1. The van der Waals surface area contributed by atoms with Crippen LogP contribution in [0.25, 0.3) is 0 Å². The lowest BCUT2D eigenvalue weighted by Crippen LogP contribution is -2.41. The van der Waals surface area contributed by atoms with Gasteiger partial charge in [-0.05, 0) is 74.3 Å². The molecule has 2 fully saturated rings. The number of nitrogens with zero attached hydrogens (tertiary/aromatic N) is 1. The monoisotopic (exact) mass is 413 g/mol. The summed E-state index contributed by atoms with van der Waals surface area (Å²) in [6.07, 6.45) is 2.12. The summed E-state index contributed by atoms with van der Waals surface area (Å²) in [5.41, 5.74) is 1.54. The molecular weight excluding hydrogens is 388 g/mol. The van der Waals surface area contributed by atoms with Crippen LogP contribution >= 0.6 is 0 Å². The summed E-state index contributed by atoms with van der Waals surface area (Å²) in [5, 5.41) is 0. The predicted octanol–water partition coefficient (Wildman–Crippen LogP) is 3.89. The van der Waals surface area contributed by atoms with Gasteiger partial charge in [0.2, 0.25) is 0 Å². The van der Waals surface area contributed by atoms with Gasteiger partial charge in [-0.3, -0.25) is 9.59 Å². The molecule has 0 aliphatic carbocycles. The number of Topliss-reactive ketones (excluding diaryl/α,β-unsaturated/α-hetero) is 1. The Labute approximate surface area is 174 Å². The topological polar surface area (TPSA) is 46.6 Å². The number of benzene rings is 2. The van der Waals surface area contributed by atoms with Crippen LogP contribution < -0.4 is 0 Å². The highest BCUT2D eigenvalue weighted by Crippen LogP contribution is 2.29. The van der Waals surface area contributed by atoms with Crippen molar-refractivity contribution in [2.24, 2.45) is 17.8 Å². The van der Waals surface area contributed by atoms with Crippen LogP contribution in [0, 0.1) is 29.4 Å². The molecule has 0 radical (unpaired) electrons. The Balaban J connectivity index is 1.32. The van der Waals surface area contributed by atoms with Gasteiger partial charge in [0.1, 0.15) is 11.6 Å². The molecule has 2 saturated heterocycles. The molecule has 6 heteroatoms. The zero-order chi connectivity index (χ0) is 21.1. The second kappa shape index (κ2) is 9.04. The summed E-state index contributed by atoms with van der Waals surface area (Å²) in [7, 11) is 0. The Morgan fingerprint density at radius 3 is 2.20 bits per heavy atom. The standard InChI is InChI=1S/C24H25F2NO3/c25-20-5-1-16(2-6-20)13-19-15-30-24(29)22(19)14-27-11-9-18(10-12-27)23(28)17-3-7-21(26)8-4-17/h1-8,18-19,22H,9-15H2. The number of esters is 1. The molecule has 2 atom stereocenters. The third kappa shape index (κ3) is 4.75. The maximum Gasteiger partial charge on any atom is 0.310 e. The number of halogens is 2. The molecule has 4 nitrogen and oxygen atoms in total. The molecule has 2 heterocycles. The van der Waals surface area contributed by atoms with E-state index in [2.05, 4.69) is 4.90 Å². The van der Waals surface area contributed by atoms with Crippen molar-refractivity contribution in [2.45, 2.75) is 19.3 Å². The van der Waals surface area contributed by atoms with Crippen LogP contribution in [0.4, 0.5) is 8.78 Å². The van der Waals surface area contributed by atoms with Crippen molar-refractivity contribution in [2.75, 3.05) is 26.2 Å². The van der Waals surface area contributed by atoms with Gasteiger partial charge in [0.05, 0.1) is 12.5 Å². The summed E-state index contributed by atoms with van der Waals surface area (Å²) in [5.74, 6) is -0.943. The Bertz CT molecular complexity index is 890. The molecule has 2 aliphatic heterocycles. The van der Waals surface area contributed by atoms with Crippen molar-refractivity contribution in [3.05, 3.63) is 71.3 Å². The van der Waals surface area contributed by atoms with Crippen molar-refractivity contribution < 1.29 is 23.1 Å². The fraction of sp³-hybridized carbons (Fsp3) is 0.417. The largest absolute Gasteiger partial charge is 0.465 e. The van der Waals surface area contributed by atoms with Gasteiger partial charge in [-0.2, -0.15) is 0 Å². The summed E-state index contributed by atoms with van der Waals surface area (Å²) < 4.78 is 31.5. The zero-order valence-electron chi connectivity index (χ0n) is 16.7. The van der Waals surface area contributed by atoms with Crippen molar-refractivity contribution in [1.29, 1.82) is 0 Å². The van der Waals surface area contributed by atoms with E-state index in [9.17, 15) is 18.4 Å². The minimum atomic E-state index is -0.347. The van der Waals surface area contributed by atoms with E-state index in [1.807, 2.05) is 0 Å². The number of carbonyl (C=O) groups excluding carboxylic acids is 2. The summed E-state index contributed by atoms with van der Waals surface area (Å²) in [6.45, 7) is 2.48. The van der Waals surface area contributed by atoms with Crippen LogP contribution in [-0.2, 0) is 16.0 Å². The highest BCUT2D eigenvalue weighted by atomic mass is 19.1. The Morgan fingerprint density at radius 1 is 0.967 bits per heavy atom. The number of ketones is 1. The van der Waals surface area contributed by atoms with Crippen LogP contribution in [0.2, 0.25) is 0 Å². The van der Waals surface area contributed by atoms with Gasteiger partial charge >= 0.3 is 5.97 Å². The molecule has 0 saturated carbocycles. The number of cyclic esters (lactones) is 1. The average molecular weight is 413 g/mol. The zero-order valence-corrected chi connectivity index (χ0v) is 16.7. The lowest BCUT2D eigenvalue weighted by Gasteiger charge is -2.33. The Hall–Kier alpha value is -2.60. The van der Waals surface area contributed by atoms with E-state index in [-0.39, 0.29) is 41.1 Å². The van der Waals surface area contributed by atoms with E-state index in [0.717, 1.165) is 31.5 Å². The van der Waals surface area contributed by atoms with E-state index < -0.39 is 0 Å². The van der Waals surface area contributed by atoms with Crippen LogP contribution in [0.15, 0.2) is 48.5 Å². The Kier molecular flexibility index (Phi) is 6.23. The smallest absolute Gasteiger partial charge is 0.310 e. The highest BCUT2D eigenvalue weighted by Gasteiger charge is 2.38. The van der Waals surface area contributed by atoms with Crippen LogP contribution in [0.3, 0.4) is 0 Å². The van der Waals surface area contributed by atoms with Crippen LogP contribution in [-0.4, -0.2) is 42.9 Å². The van der Waals surface area contributed by atoms with Gasteiger partial charge in [-0.15, -0.1) is 0 Å². The van der Waals surface area contributed by atoms with E-state index in [4.69, 9.17) is 4.74 Å². The van der Waals surface area contributed by atoms with Gasteiger partial charge in [0.25, 0.3) is 0 Å². The van der Waals surface area contributed by atoms with Crippen molar-refractivity contribution in [3.8, 4) is 0 Å². The molecule has 4 rings (SSSR count). The fourth-order valence-corrected chi connectivity index (χ4v) is 4.46. The van der Waals surface area contributed by atoms with Crippen molar-refractivity contribution in [3.63, 3.8) is 0 Å². The van der Waals surface area contributed by atoms with Gasteiger partial charge in [0.15, 0.2) is 5.78 Å². The maximum atomic E-state index is 13.1. The summed E-state index contributed by atoms with van der Waals surface area (Å²) in [4.78, 5) is 27.2. The number of piperidine rings is 1. The summed E-state index contributed by atoms with van der Waals surface area (Å²) >= 11 is 0. The molecule has 0 amide bonds. The minimum Gasteiger partial charge on any atom is -0.465 e. The predicted molar refractivity (Wildman–Crippen MR) is 108 cm³/mol. The number of likely N-dealkylation sites (tertiary alicyclic amines) is 1. The van der Waals surface area contributed by atoms with Crippen LogP contribution in [0.5, 0.6) is 0 Å². The lowest BCUT2D eigenvalue weighted by molar-refractivity contribution is -0.141. The molecule has 0 spiro atoms. The highest BCUT2D eigenvalue weighted by molar-refractivity contribution is 5.97. The molecule has 30 heavy (non-hydrogen) atoms. The lowest BCUT2D eigenvalue weighted by atomic mass is 9.86. The second-order valence-electron chi connectivity index (χ2n) is 8.27. The van der Waals surface area contributed by atoms with E-state index >= 15 is 0 Å². The molecule has 2 aromatic carbocycles. The summed E-state index contributed by atoms with van der Waals surface area (Å²) in [6, 6.07) is 12.1. The number of ether oxygens (including phenoxy) is 1. The van der Waals surface area contributed by atoms with Crippen LogP contribution in [0.1, 0.15) is 28.8 Å². The normalized spacial score (nSPS) is 22.8. The second-order valence-corrected chi connectivity index (χ2v) is 8.27. The minimum absolute atomic E-state index is 0.0594. The van der Waals surface area contributed by atoms with Gasteiger partial charge in [0, 0.05) is 23.9 Å². The first-order chi connectivity index (χ1) is 14.5. The third-order valence-electron chi connectivity index (χ3n) is 6.26. The van der Waals surface area contributed by atoms with E-state index in [0.29, 0.717) is 25.1 Å². The molecular formula is C24H25F2NO3. The average Bonchev–Trinajstić information content (AvgIpc) is 3.09. The molecule has 2 unspecified atom stereocenters. The molecule has 2 aliphatic rings. The Morgan fingerprint density at radius 2 is 1.57 bits per heavy atom. The fourth-order valence-electron chi connectivity index (χ4n) is 4.46. The van der Waals surface area contributed by atoms with Gasteiger partial charge in [-0.1, -0.05) is 12.1 Å². The first-order valence-corrected chi connectivity index (χ1v) is 10.4. The first-order valence-electron chi connectivity index (χ1n) is 10.4. The van der Waals surface area contributed by atoms with E-state index in [1.165, 1.54) is 24.3 Å². The van der Waals surface area contributed by atoms with Crippen molar-refractivity contribution >= 4 is 11.8 Å². The molecule has 2 aromatic rings. The SMILES string of the molecule is O=C(c1ccc(F)cc1)C1CCN(CC2C(=O)OCC2Cc2ccc(F)cc2)CC1. The quantitative estimate of drug-likeness (QED) is 0.533. The number of hydrogen-bond acceptors (Lipinski definition) is 4. The van der Waals surface area contributed by atoms with Crippen molar-refractivity contribution in [1.82, 2.24) is 4.90 Å². The molecule has 0 N–H and O–H groups in total. The van der Waals surface area contributed by atoms with E-state index in [1.54, 1.807) is 24.3 Å². The number of hydrogen-bond donors (Lipinski definition) is 0. The number of rotatable bonds is 6. The molecule has 0 bridgehead atoms. The van der Waals surface area contributed by atoms with Gasteiger partial charge < -0.3 is 9.64 Å². The third-order valence-corrected chi connectivity index (χ3v) is 6.26.